The summed E-state index contributed by atoms with van der Waals surface area (Å²) < 4.78 is 0. The predicted molar refractivity (Wildman–Crippen MR) is 69.3 cm³/mol. The highest BCUT2D eigenvalue weighted by Gasteiger charge is 2.16. The van der Waals surface area contributed by atoms with E-state index in [0.29, 0.717) is 0 Å². The van der Waals surface area contributed by atoms with E-state index in [4.69, 9.17) is 5.73 Å². The van der Waals surface area contributed by atoms with Gasteiger partial charge in [-0.2, -0.15) is 0 Å². The molecular formula is C15H23N. The Hall–Kier alpha value is -0.820. The topological polar surface area (TPSA) is 26.0 Å². The lowest BCUT2D eigenvalue weighted by Crippen LogP contribution is -2.11. The fraction of sp³-hybridized carbons (Fsp3) is 0.600. The van der Waals surface area contributed by atoms with Gasteiger partial charge in [-0.15, -0.1) is 0 Å². The molecule has 0 aromatic heterocycles. The molecule has 2 N–H and O–H groups in total. The van der Waals surface area contributed by atoms with Crippen molar-refractivity contribution in [3.8, 4) is 0 Å². The van der Waals surface area contributed by atoms with Crippen LogP contribution < -0.4 is 5.73 Å². The van der Waals surface area contributed by atoms with Crippen LogP contribution in [0.5, 0.6) is 0 Å². The van der Waals surface area contributed by atoms with Crippen molar-refractivity contribution in [2.45, 2.75) is 51.5 Å². The van der Waals surface area contributed by atoms with Gasteiger partial charge in [0, 0.05) is 6.04 Å². The van der Waals surface area contributed by atoms with Crippen molar-refractivity contribution in [3.05, 3.63) is 35.4 Å². The first kappa shape index (κ1) is 11.7. The molecule has 1 fully saturated rings. The van der Waals surface area contributed by atoms with Gasteiger partial charge < -0.3 is 5.73 Å². The number of hydrogen-bond acceptors (Lipinski definition) is 1. The summed E-state index contributed by atoms with van der Waals surface area (Å²) in [6, 6.07) is 8.90. The molecule has 0 spiro atoms. The third-order valence-electron chi connectivity index (χ3n) is 3.87. The molecule has 0 radical (unpaired) electrons. The molecule has 0 saturated heterocycles. The fourth-order valence-corrected chi connectivity index (χ4v) is 2.69. The molecule has 1 aromatic carbocycles. The molecule has 16 heavy (non-hydrogen) atoms. The van der Waals surface area contributed by atoms with Crippen LogP contribution >= 0.6 is 0 Å². The Bertz CT molecular complexity index is 309. The molecule has 1 aliphatic rings. The third-order valence-corrected chi connectivity index (χ3v) is 3.87. The minimum Gasteiger partial charge on any atom is -0.324 e. The van der Waals surface area contributed by atoms with E-state index >= 15 is 0 Å². The van der Waals surface area contributed by atoms with Crippen molar-refractivity contribution in [2.75, 3.05) is 0 Å². The zero-order valence-corrected chi connectivity index (χ0v) is 10.3. The second-order valence-corrected chi connectivity index (χ2v) is 5.25. The van der Waals surface area contributed by atoms with Crippen LogP contribution in [0.2, 0.25) is 0 Å². The van der Waals surface area contributed by atoms with Crippen molar-refractivity contribution in [1.82, 2.24) is 0 Å². The molecular weight excluding hydrogens is 194 g/mol. The van der Waals surface area contributed by atoms with Crippen molar-refractivity contribution >= 4 is 0 Å². The van der Waals surface area contributed by atoms with E-state index in [2.05, 4.69) is 31.2 Å². The predicted octanol–water partition coefficient (Wildman–Crippen LogP) is 3.97. The lowest BCUT2D eigenvalue weighted by molar-refractivity contribution is 0.454. The zero-order valence-electron chi connectivity index (χ0n) is 10.3. The van der Waals surface area contributed by atoms with Gasteiger partial charge in [0.05, 0.1) is 0 Å². The number of rotatable bonds is 4. The van der Waals surface area contributed by atoms with Crippen molar-refractivity contribution < 1.29 is 0 Å². The molecule has 88 valence electrons. The Morgan fingerprint density at radius 3 is 2.44 bits per heavy atom. The quantitative estimate of drug-likeness (QED) is 0.811. The summed E-state index contributed by atoms with van der Waals surface area (Å²) in [6.45, 7) is 2.12. The molecule has 2 rings (SSSR count). The Kier molecular flexibility index (Phi) is 4.00. The second-order valence-electron chi connectivity index (χ2n) is 5.25. The minimum absolute atomic E-state index is 0.237. The highest BCUT2D eigenvalue weighted by Crippen LogP contribution is 2.30. The van der Waals surface area contributed by atoms with Gasteiger partial charge in [-0.05, 0) is 31.2 Å². The summed E-state index contributed by atoms with van der Waals surface area (Å²) in [5.41, 5.74) is 8.83. The van der Waals surface area contributed by atoms with Gasteiger partial charge >= 0.3 is 0 Å². The number of benzene rings is 1. The summed E-state index contributed by atoms with van der Waals surface area (Å²) in [7, 11) is 0. The van der Waals surface area contributed by atoms with Gasteiger partial charge in [-0.3, -0.25) is 0 Å². The summed E-state index contributed by atoms with van der Waals surface area (Å²) in [5, 5.41) is 0. The number of nitrogens with two attached hydrogens (primary N) is 1. The van der Waals surface area contributed by atoms with Gasteiger partial charge in [0.15, 0.2) is 0 Å². The van der Waals surface area contributed by atoms with Crippen LogP contribution in [0.4, 0.5) is 0 Å². The Labute approximate surface area is 99.0 Å². The maximum Gasteiger partial charge on any atom is 0.0294 e. The molecule has 0 amide bonds. The normalized spacial score (nSPS) is 18.9. The fourth-order valence-electron chi connectivity index (χ4n) is 2.69. The maximum absolute atomic E-state index is 6.22. The first-order chi connectivity index (χ1) is 7.75. The average Bonchev–Trinajstić information content (AvgIpc) is 2.80. The Morgan fingerprint density at radius 2 is 1.81 bits per heavy atom. The van der Waals surface area contributed by atoms with Gasteiger partial charge in [-0.25, -0.2) is 0 Å². The molecule has 1 aliphatic carbocycles. The van der Waals surface area contributed by atoms with E-state index in [1.165, 1.54) is 43.2 Å². The highest BCUT2D eigenvalue weighted by molar-refractivity contribution is 5.23. The zero-order chi connectivity index (χ0) is 11.4. The number of hydrogen-bond donors (Lipinski definition) is 1. The molecule has 1 aromatic rings. The first-order valence-electron chi connectivity index (χ1n) is 6.58. The van der Waals surface area contributed by atoms with E-state index in [1.54, 1.807) is 0 Å². The number of aryl methyl sites for hydroxylation is 1. The van der Waals surface area contributed by atoms with Crippen LogP contribution in [0, 0.1) is 12.8 Å². The Morgan fingerprint density at radius 1 is 1.19 bits per heavy atom. The first-order valence-corrected chi connectivity index (χ1v) is 6.58. The van der Waals surface area contributed by atoms with Crippen molar-refractivity contribution in [1.29, 1.82) is 0 Å². The van der Waals surface area contributed by atoms with E-state index in [9.17, 15) is 0 Å². The summed E-state index contributed by atoms with van der Waals surface area (Å²) >= 11 is 0. The van der Waals surface area contributed by atoms with Crippen LogP contribution in [0.1, 0.15) is 55.7 Å². The van der Waals surface area contributed by atoms with Gasteiger partial charge in [0.25, 0.3) is 0 Å². The summed E-state index contributed by atoms with van der Waals surface area (Å²) in [5.74, 6) is 0.955. The molecule has 1 nitrogen and oxygen atoms in total. The van der Waals surface area contributed by atoms with E-state index < -0.39 is 0 Å². The molecule has 1 unspecified atom stereocenters. The largest absolute Gasteiger partial charge is 0.324 e. The van der Waals surface area contributed by atoms with Gasteiger partial charge in [0.2, 0.25) is 0 Å². The van der Waals surface area contributed by atoms with Crippen LogP contribution in [-0.2, 0) is 0 Å². The maximum atomic E-state index is 6.22. The van der Waals surface area contributed by atoms with Crippen LogP contribution in [0.25, 0.3) is 0 Å². The Balaban J connectivity index is 1.82. The summed E-state index contributed by atoms with van der Waals surface area (Å²) in [6.07, 6.45) is 8.19. The summed E-state index contributed by atoms with van der Waals surface area (Å²) in [4.78, 5) is 0. The molecule has 0 bridgehead atoms. The SMILES string of the molecule is Cc1ccc(C(N)CCC2CCCC2)cc1. The molecule has 0 aliphatic heterocycles. The van der Waals surface area contributed by atoms with Crippen molar-refractivity contribution in [2.24, 2.45) is 11.7 Å². The molecule has 1 saturated carbocycles. The third kappa shape index (κ3) is 3.08. The highest BCUT2D eigenvalue weighted by atomic mass is 14.6. The standard InChI is InChI=1S/C15H23N/c1-12-6-9-14(10-7-12)15(16)11-8-13-4-2-3-5-13/h6-7,9-10,13,15H,2-5,8,11,16H2,1H3. The van der Waals surface area contributed by atoms with Crippen molar-refractivity contribution in [3.63, 3.8) is 0 Å². The van der Waals surface area contributed by atoms with Crippen LogP contribution in [0.3, 0.4) is 0 Å². The molecule has 1 atom stereocenters. The molecule has 1 heteroatoms. The lowest BCUT2D eigenvalue weighted by atomic mass is 9.95. The smallest absolute Gasteiger partial charge is 0.0294 e. The van der Waals surface area contributed by atoms with E-state index in [1.807, 2.05) is 0 Å². The average molecular weight is 217 g/mol. The van der Waals surface area contributed by atoms with E-state index in [-0.39, 0.29) is 6.04 Å². The minimum atomic E-state index is 0.237. The van der Waals surface area contributed by atoms with Gasteiger partial charge in [-0.1, -0.05) is 55.5 Å². The van der Waals surface area contributed by atoms with E-state index in [0.717, 1.165) is 12.3 Å². The molecule has 0 heterocycles. The second kappa shape index (κ2) is 5.49. The van der Waals surface area contributed by atoms with Gasteiger partial charge in [0.1, 0.15) is 0 Å². The van der Waals surface area contributed by atoms with Crippen LogP contribution in [-0.4, -0.2) is 0 Å². The monoisotopic (exact) mass is 217 g/mol. The van der Waals surface area contributed by atoms with Crippen LogP contribution in [0.15, 0.2) is 24.3 Å². The lowest BCUT2D eigenvalue weighted by Gasteiger charge is -2.15.